The molecule has 1 aromatic heterocycles. The van der Waals surface area contributed by atoms with Crippen LogP contribution in [0.25, 0.3) is 0 Å². The standard InChI is InChI=1S/C18H28N4O2/c1-2-22-17-7-9-24-12-15(17)16(20-22)11-21-8-3-4-14(10-21)19-18(23)13-5-6-13/h13-14H,2-12H2,1H3,(H,19,23). The van der Waals surface area contributed by atoms with Crippen LogP contribution in [0, 0.1) is 5.92 Å². The highest BCUT2D eigenvalue weighted by Crippen LogP contribution is 2.29. The lowest BCUT2D eigenvalue weighted by molar-refractivity contribution is -0.123. The molecule has 0 bridgehead atoms. The first-order valence-electron chi connectivity index (χ1n) is 9.42. The van der Waals surface area contributed by atoms with Crippen LogP contribution in [0.3, 0.4) is 0 Å². The zero-order chi connectivity index (χ0) is 16.5. The van der Waals surface area contributed by atoms with E-state index in [-0.39, 0.29) is 5.91 Å². The fraction of sp³-hybridized carbons (Fsp3) is 0.778. The molecule has 1 aromatic rings. The minimum Gasteiger partial charge on any atom is -0.376 e. The summed E-state index contributed by atoms with van der Waals surface area (Å²) in [6.07, 6.45) is 5.35. The number of ether oxygens (including phenoxy) is 1. The monoisotopic (exact) mass is 332 g/mol. The Morgan fingerprint density at radius 2 is 2.25 bits per heavy atom. The van der Waals surface area contributed by atoms with Gasteiger partial charge in [0.05, 0.1) is 18.9 Å². The molecule has 3 heterocycles. The molecule has 6 heteroatoms. The third-order valence-corrected chi connectivity index (χ3v) is 5.45. The van der Waals surface area contributed by atoms with Gasteiger partial charge in [-0.3, -0.25) is 14.4 Å². The topological polar surface area (TPSA) is 59.4 Å². The Morgan fingerprint density at radius 3 is 3.04 bits per heavy atom. The van der Waals surface area contributed by atoms with Crippen molar-refractivity contribution in [3.63, 3.8) is 0 Å². The van der Waals surface area contributed by atoms with Gasteiger partial charge in [0, 0.05) is 49.3 Å². The molecule has 6 nitrogen and oxygen atoms in total. The summed E-state index contributed by atoms with van der Waals surface area (Å²) in [5.74, 6) is 0.563. The molecule has 2 fully saturated rings. The second-order valence-corrected chi connectivity index (χ2v) is 7.35. The Labute approximate surface area is 143 Å². The molecule has 1 N–H and O–H groups in total. The molecule has 4 rings (SSSR count). The number of piperidine rings is 1. The van der Waals surface area contributed by atoms with Crippen molar-refractivity contribution >= 4 is 5.91 Å². The average Bonchev–Trinajstić information content (AvgIpc) is 3.39. The summed E-state index contributed by atoms with van der Waals surface area (Å²) in [5.41, 5.74) is 3.82. The number of carbonyl (C=O) groups excluding carboxylic acids is 1. The van der Waals surface area contributed by atoms with E-state index in [1.807, 2.05) is 0 Å². The van der Waals surface area contributed by atoms with Crippen LogP contribution in [0.4, 0.5) is 0 Å². The van der Waals surface area contributed by atoms with Gasteiger partial charge in [0.2, 0.25) is 5.91 Å². The van der Waals surface area contributed by atoms with Crippen LogP contribution in [-0.4, -0.2) is 46.3 Å². The molecule has 3 aliphatic rings. The van der Waals surface area contributed by atoms with E-state index in [0.29, 0.717) is 18.6 Å². The third kappa shape index (κ3) is 3.35. The van der Waals surface area contributed by atoms with Gasteiger partial charge in [0.1, 0.15) is 0 Å². The third-order valence-electron chi connectivity index (χ3n) is 5.45. The summed E-state index contributed by atoms with van der Waals surface area (Å²) < 4.78 is 7.80. The molecule has 132 valence electrons. The van der Waals surface area contributed by atoms with Gasteiger partial charge in [-0.1, -0.05) is 0 Å². The predicted molar refractivity (Wildman–Crippen MR) is 90.4 cm³/mol. The molecule has 1 aliphatic carbocycles. The van der Waals surface area contributed by atoms with E-state index in [2.05, 4.69) is 21.8 Å². The van der Waals surface area contributed by atoms with Crippen molar-refractivity contribution in [3.8, 4) is 0 Å². The lowest BCUT2D eigenvalue weighted by Crippen LogP contribution is -2.47. The first-order valence-corrected chi connectivity index (χ1v) is 9.42. The van der Waals surface area contributed by atoms with E-state index in [4.69, 9.17) is 9.84 Å². The highest BCUT2D eigenvalue weighted by molar-refractivity contribution is 5.81. The summed E-state index contributed by atoms with van der Waals surface area (Å²) in [7, 11) is 0. The van der Waals surface area contributed by atoms with Gasteiger partial charge < -0.3 is 10.1 Å². The fourth-order valence-corrected chi connectivity index (χ4v) is 3.96. The molecular weight excluding hydrogens is 304 g/mol. The van der Waals surface area contributed by atoms with Crippen LogP contribution in [0.5, 0.6) is 0 Å². The number of nitrogens with zero attached hydrogens (tertiary/aromatic N) is 3. The number of likely N-dealkylation sites (tertiary alicyclic amines) is 1. The van der Waals surface area contributed by atoms with Crippen molar-refractivity contribution in [2.45, 2.75) is 64.8 Å². The summed E-state index contributed by atoms with van der Waals surface area (Å²) in [4.78, 5) is 14.5. The van der Waals surface area contributed by atoms with Crippen LogP contribution in [-0.2, 0) is 35.6 Å². The molecule has 24 heavy (non-hydrogen) atoms. The Balaban J connectivity index is 1.41. The number of nitrogens with one attached hydrogen (secondary N) is 1. The fourth-order valence-electron chi connectivity index (χ4n) is 3.96. The second-order valence-electron chi connectivity index (χ2n) is 7.35. The maximum atomic E-state index is 12.0. The summed E-state index contributed by atoms with van der Waals surface area (Å²) in [6.45, 7) is 7.46. The Kier molecular flexibility index (Phi) is 4.59. The molecule has 1 atom stereocenters. The van der Waals surface area contributed by atoms with Crippen LogP contribution in [0.2, 0.25) is 0 Å². The smallest absolute Gasteiger partial charge is 0.223 e. The number of amides is 1. The van der Waals surface area contributed by atoms with Crippen LogP contribution in [0.15, 0.2) is 0 Å². The number of fused-ring (bicyclic) bond motifs is 1. The quantitative estimate of drug-likeness (QED) is 0.887. The molecule has 0 spiro atoms. The van der Waals surface area contributed by atoms with Gasteiger partial charge in [0.25, 0.3) is 0 Å². The highest BCUT2D eigenvalue weighted by atomic mass is 16.5. The number of carbonyl (C=O) groups is 1. The first kappa shape index (κ1) is 16.1. The van der Waals surface area contributed by atoms with Gasteiger partial charge in [-0.15, -0.1) is 0 Å². The number of aromatic nitrogens is 2. The Hall–Kier alpha value is -1.40. The van der Waals surface area contributed by atoms with Crippen molar-refractivity contribution < 1.29 is 9.53 Å². The van der Waals surface area contributed by atoms with Crippen LogP contribution < -0.4 is 5.32 Å². The first-order chi connectivity index (χ1) is 11.7. The molecule has 2 aliphatic heterocycles. The zero-order valence-electron chi connectivity index (χ0n) is 14.6. The lowest BCUT2D eigenvalue weighted by Gasteiger charge is -2.33. The zero-order valence-corrected chi connectivity index (χ0v) is 14.6. The molecule has 1 unspecified atom stereocenters. The number of aryl methyl sites for hydroxylation is 1. The Morgan fingerprint density at radius 1 is 1.38 bits per heavy atom. The number of hydrogen-bond acceptors (Lipinski definition) is 4. The largest absolute Gasteiger partial charge is 0.376 e. The van der Waals surface area contributed by atoms with Crippen molar-refractivity contribution in [1.29, 1.82) is 0 Å². The van der Waals surface area contributed by atoms with Gasteiger partial charge >= 0.3 is 0 Å². The number of rotatable bonds is 5. The molecule has 1 saturated heterocycles. The summed E-state index contributed by atoms with van der Waals surface area (Å²) in [6, 6.07) is 0.298. The highest BCUT2D eigenvalue weighted by Gasteiger charge is 2.32. The maximum Gasteiger partial charge on any atom is 0.223 e. The van der Waals surface area contributed by atoms with E-state index in [1.54, 1.807) is 0 Å². The van der Waals surface area contributed by atoms with E-state index in [9.17, 15) is 4.79 Å². The van der Waals surface area contributed by atoms with Crippen molar-refractivity contribution in [2.75, 3.05) is 19.7 Å². The molecule has 1 saturated carbocycles. The lowest BCUT2D eigenvalue weighted by atomic mass is 10.0. The van der Waals surface area contributed by atoms with Crippen LogP contribution in [0.1, 0.15) is 49.6 Å². The average molecular weight is 332 g/mol. The van der Waals surface area contributed by atoms with E-state index >= 15 is 0 Å². The maximum absolute atomic E-state index is 12.0. The van der Waals surface area contributed by atoms with Gasteiger partial charge in [-0.2, -0.15) is 5.10 Å². The Bertz CT molecular complexity index is 608. The normalized spacial score (nSPS) is 24.6. The van der Waals surface area contributed by atoms with Crippen molar-refractivity contribution in [2.24, 2.45) is 5.92 Å². The summed E-state index contributed by atoms with van der Waals surface area (Å²) >= 11 is 0. The van der Waals surface area contributed by atoms with Gasteiger partial charge in [0.15, 0.2) is 0 Å². The van der Waals surface area contributed by atoms with E-state index in [1.165, 1.54) is 17.0 Å². The predicted octanol–water partition coefficient (Wildman–Crippen LogP) is 1.47. The molecular formula is C18H28N4O2. The van der Waals surface area contributed by atoms with E-state index < -0.39 is 0 Å². The number of hydrogen-bond donors (Lipinski definition) is 1. The van der Waals surface area contributed by atoms with Gasteiger partial charge in [-0.25, -0.2) is 0 Å². The minimum absolute atomic E-state index is 0.267. The van der Waals surface area contributed by atoms with E-state index in [0.717, 1.165) is 64.9 Å². The molecule has 0 radical (unpaired) electrons. The second kappa shape index (κ2) is 6.84. The van der Waals surface area contributed by atoms with Gasteiger partial charge in [-0.05, 0) is 39.2 Å². The minimum atomic E-state index is 0.267. The van der Waals surface area contributed by atoms with Crippen molar-refractivity contribution in [3.05, 3.63) is 17.0 Å². The summed E-state index contributed by atoms with van der Waals surface area (Å²) in [5, 5.41) is 8.08. The molecule has 1 amide bonds. The van der Waals surface area contributed by atoms with Crippen molar-refractivity contribution in [1.82, 2.24) is 20.0 Å². The molecule has 0 aromatic carbocycles. The van der Waals surface area contributed by atoms with Crippen LogP contribution >= 0.6 is 0 Å². The SMILES string of the molecule is CCn1nc(CN2CCCC(NC(=O)C3CC3)C2)c2c1CCOC2.